The summed E-state index contributed by atoms with van der Waals surface area (Å²) in [5.41, 5.74) is 6.72. The number of aryl methyl sites for hydroxylation is 1. The summed E-state index contributed by atoms with van der Waals surface area (Å²) in [6.07, 6.45) is 7.49. The first kappa shape index (κ1) is 24.9. The van der Waals surface area contributed by atoms with E-state index in [1.807, 2.05) is 42.5 Å². The van der Waals surface area contributed by atoms with E-state index >= 15 is 0 Å². The van der Waals surface area contributed by atoms with Crippen LogP contribution in [0.15, 0.2) is 66.7 Å². The van der Waals surface area contributed by atoms with E-state index in [9.17, 15) is 9.59 Å². The van der Waals surface area contributed by atoms with Gasteiger partial charge in [0.15, 0.2) is 0 Å². The van der Waals surface area contributed by atoms with Crippen molar-refractivity contribution in [3.63, 3.8) is 0 Å². The highest BCUT2D eigenvalue weighted by Gasteiger charge is 2.24. The fraction of sp³-hybridized carbons (Fsp3) is 0.355. The van der Waals surface area contributed by atoms with Crippen molar-refractivity contribution in [2.45, 2.75) is 64.5 Å². The van der Waals surface area contributed by atoms with Crippen molar-refractivity contribution in [2.24, 2.45) is 0 Å². The molecule has 3 N–H and O–H groups in total. The number of urea groups is 1. The summed E-state index contributed by atoms with van der Waals surface area (Å²) in [6, 6.07) is 21.9. The van der Waals surface area contributed by atoms with E-state index in [2.05, 4.69) is 52.0 Å². The number of amides is 3. The molecule has 0 saturated heterocycles. The van der Waals surface area contributed by atoms with Crippen molar-refractivity contribution in [3.05, 3.63) is 89.0 Å². The van der Waals surface area contributed by atoms with Gasteiger partial charge in [0.05, 0.1) is 5.56 Å². The van der Waals surface area contributed by atoms with E-state index < -0.39 is 0 Å². The van der Waals surface area contributed by atoms with Crippen molar-refractivity contribution >= 4 is 29.0 Å². The van der Waals surface area contributed by atoms with Crippen LogP contribution >= 0.6 is 0 Å². The minimum absolute atomic E-state index is 0.0695. The molecule has 1 aliphatic carbocycles. The van der Waals surface area contributed by atoms with Crippen molar-refractivity contribution in [2.75, 3.05) is 22.1 Å². The summed E-state index contributed by atoms with van der Waals surface area (Å²) >= 11 is 0. The van der Waals surface area contributed by atoms with Crippen LogP contribution in [-0.4, -0.2) is 24.5 Å². The Morgan fingerprint density at radius 2 is 1.57 bits per heavy atom. The van der Waals surface area contributed by atoms with Crippen LogP contribution in [0.25, 0.3) is 0 Å². The lowest BCUT2D eigenvalue weighted by Crippen LogP contribution is -2.38. The fourth-order valence-corrected chi connectivity index (χ4v) is 5.40. The monoisotopic (exact) mass is 496 g/mol. The number of hydrogen-bond acceptors (Lipinski definition) is 3. The average Bonchev–Trinajstić information content (AvgIpc) is 2.93. The third-order valence-corrected chi connectivity index (χ3v) is 7.53. The Balaban J connectivity index is 1.36. The second-order valence-corrected chi connectivity index (χ2v) is 10.1. The van der Waals surface area contributed by atoms with Crippen molar-refractivity contribution in [1.29, 1.82) is 0 Å². The van der Waals surface area contributed by atoms with E-state index in [4.69, 9.17) is 0 Å². The van der Waals surface area contributed by atoms with Gasteiger partial charge in [-0.3, -0.25) is 4.79 Å². The summed E-state index contributed by atoms with van der Waals surface area (Å²) < 4.78 is 0. The standard InChI is InChI=1S/C31H36N4O2/c1-2-22-12-14-26(15-13-22)33-31(37)34-27-16-17-29(35-19-18-23-8-6-7-9-24(23)21-35)28(20-27)30(36)32-25-10-4-3-5-11-25/h6-9,12-17,20,25H,2-5,10-11,18-19,21H2,1H3,(H,32,36)(H2,33,34,37). The number of anilines is 3. The van der Waals surface area contributed by atoms with E-state index in [-0.39, 0.29) is 18.0 Å². The Bertz CT molecular complexity index is 1250. The average molecular weight is 497 g/mol. The van der Waals surface area contributed by atoms with Gasteiger partial charge in [0.2, 0.25) is 0 Å². The van der Waals surface area contributed by atoms with Crippen molar-refractivity contribution in [3.8, 4) is 0 Å². The Morgan fingerprint density at radius 3 is 2.32 bits per heavy atom. The molecule has 192 valence electrons. The largest absolute Gasteiger partial charge is 0.366 e. The van der Waals surface area contributed by atoms with Gasteiger partial charge < -0.3 is 20.9 Å². The zero-order chi connectivity index (χ0) is 25.6. The number of hydrogen-bond donors (Lipinski definition) is 3. The van der Waals surface area contributed by atoms with Crippen LogP contribution < -0.4 is 20.9 Å². The third-order valence-electron chi connectivity index (χ3n) is 7.53. The SMILES string of the molecule is CCc1ccc(NC(=O)Nc2ccc(N3CCc4ccccc4C3)c(C(=O)NC3CCCCC3)c2)cc1. The Labute approximate surface area is 219 Å². The maximum atomic E-state index is 13.5. The van der Waals surface area contributed by atoms with Crippen molar-refractivity contribution < 1.29 is 9.59 Å². The molecule has 1 aliphatic heterocycles. The second kappa shape index (κ2) is 11.5. The zero-order valence-electron chi connectivity index (χ0n) is 21.6. The number of carbonyl (C=O) groups is 2. The summed E-state index contributed by atoms with van der Waals surface area (Å²) in [5.74, 6) is -0.0695. The Hall–Kier alpha value is -3.80. The van der Waals surface area contributed by atoms with E-state index in [1.54, 1.807) is 0 Å². The lowest BCUT2D eigenvalue weighted by atomic mass is 9.95. The molecule has 2 aliphatic rings. The number of nitrogens with one attached hydrogen (secondary N) is 3. The van der Waals surface area contributed by atoms with Crippen LogP contribution in [0.5, 0.6) is 0 Å². The highest BCUT2D eigenvalue weighted by Crippen LogP contribution is 2.30. The molecule has 0 unspecified atom stereocenters. The van der Waals surface area contributed by atoms with E-state index in [1.165, 1.54) is 23.1 Å². The molecule has 0 spiro atoms. The molecule has 6 nitrogen and oxygen atoms in total. The summed E-state index contributed by atoms with van der Waals surface area (Å²) in [4.78, 5) is 28.5. The molecule has 3 aromatic carbocycles. The smallest absolute Gasteiger partial charge is 0.323 e. The first-order valence-corrected chi connectivity index (χ1v) is 13.5. The van der Waals surface area contributed by atoms with Gasteiger partial charge in [-0.15, -0.1) is 0 Å². The maximum Gasteiger partial charge on any atom is 0.323 e. The van der Waals surface area contributed by atoms with Gasteiger partial charge in [0.25, 0.3) is 5.91 Å². The van der Waals surface area contributed by atoms with Crippen LogP contribution in [0.1, 0.15) is 66.1 Å². The molecular weight excluding hydrogens is 460 g/mol. The molecule has 1 heterocycles. The van der Waals surface area contributed by atoms with Gasteiger partial charge in [-0.1, -0.05) is 62.6 Å². The van der Waals surface area contributed by atoms with E-state index in [0.29, 0.717) is 11.3 Å². The van der Waals surface area contributed by atoms with Gasteiger partial charge >= 0.3 is 6.03 Å². The summed E-state index contributed by atoms with van der Waals surface area (Å²) in [6.45, 7) is 3.71. The molecule has 0 aromatic heterocycles. The van der Waals surface area contributed by atoms with Crippen LogP contribution in [-0.2, 0) is 19.4 Å². The number of nitrogens with zero attached hydrogens (tertiary/aromatic N) is 1. The molecule has 0 bridgehead atoms. The summed E-state index contributed by atoms with van der Waals surface area (Å²) in [5, 5.41) is 9.07. The molecule has 3 aromatic rings. The van der Waals surface area contributed by atoms with Crippen LogP contribution in [0, 0.1) is 0 Å². The van der Waals surface area contributed by atoms with E-state index in [0.717, 1.165) is 63.0 Å². The number of rotatable bonds is 6. The molecule has 3 amide bonds. The molecule has 5 rings (SSSR count). The minimum Gasteiger partial charge on any atom is -0.366 e. The van der Waals surface area contributed by atoms with Gasteiger partial charge in [0, 0.05) is 36.2 Å². The first-order chi connectivity index (χ1) is 18.1. The highest BCUT2D eigenvalue weighted by molar-refractivity contribution is 6.04. The molecule has 0 atom stereocenters. The minimum atomic E-state index is -0.331. The number of fused-ring (bicyclic) bond motifs is 1. The van der Waals surface area contributed by atoms with Crippen LogP contribution in [0.2, 0.25) is 0 Å². The quantitative estimate of drug-likeness (QED) is 0.364. The highest BCUT2D eigenvalue weighted by atomic mass is 16.2. The second-order valence-electron chi connectivity index (χ2n) is 10.1. The summed E-state index contributed by atoms with van der Waals surface area (Å²) in [7, 11) is 0. The lowest BCUT2D eigenvalue weighted by molar-refractivity contribution is 0.0928. The normalized spacial score (nSPS) is 15.5. The molecule has 1 fully saturated rings. The van der Waals surface area contributed by atoms with Gasteiger partial charge in [-0.2, -0.15) is 0 Å². The molecule has 0 radical (unpaired) electrons. The van der Waals surface area contributed by atoms with Crippen LogP contribution in [0.4, 0.5) is 21.9 Å². The topological polar surface area (TPSA) is 73.5 Å². The Morgan fingerprint density at radius 1 is 0.865 bits per heavy atom. The zero-order valence-corrected chi connectivity index (χ0v) is 21.6. The van der Waals surface area contributed by atoms with Crippen LogP contribution in [0.3, 0.4) is 0 Å². The molecule has 6 heteroatoms. The lowest BCUT2D eigenvalue weighted by Gasteiger charge is -2.32. The molecule has 37 heavy (non-hydrogen) atoms. The molecular formula is C31H36N4O2. The fourth-order valence-electron chi connectivity index (χ4n) is 5.40. The van der Waals surface area contributed by atoms with Gasteiger partial charge in [0.1, 0.15) is 0 Å². The Kier molecular flexibility index (Phi) is 7.73. The first-order valence-electron chi connectivity index (χ1n) is 13.5. The van der Waals surface area contributed by atoms with Gasteiger partial charge in [-0.25, -0.2) is 4.79 Å². The maximum absolute atomic E-state index is 13.5. The van der Waals surface area contributed by atoms with Gasteiger partial charge in [-0.05, 0) is 72.7 Å². The van der Waals surface area contributed by atoms with Crippen molar-refractivity contribution in [1.82, 2.24) is 5.32 Å². The predicted molar refractivity (Wildman–Crippen MR) is 150 cm³/mol. The third kappa shape index (κ3) is 6.13. The number of carbonyl (C=O) groups excluding carboxylic acids is 2. The molecule has 1 saturated carbocycles. The predicted octanol–water partition coefficient (Wildman–Crippen LogP) is 6.52. The number of benzene rings is 3.